The predicted octanol–water partition coefficient (Wildman–Crippen LogP) is 18.8. The lowest BCUT2D eigenvalue weighted by atomic mass is 10.1. The van der Waals surface area contributed by atoms with Crippen molar-refractivity contribution >= 4 is 114 Å². The molecule has 1 aliphatic heterocycles. The second-order valence-electron chi connectivity index (χ2n) is 32.8. The van der Waals surface area contributed by atoms with E-state index in [1.807, 2.05) is 94.4 Å². The lowest BCUT2D eigenvalue weighted by molar-refractivity contribution is 0.0817. The van der Waals surface area contributed by atoms with Crippen LogP contribution in [0, 0.1) is 51.0 Å². The van der Waals surface area contributed by atoms with Crippen molar-refractivity contribution in [3.63, 3.8) is 0 Å². The number of hydrogen-bond donors (Lipinski definition) is 12. The maximum Gasteiger partial charge on any atom is 0.262 e. The van der Waals surface area contributed by atoms with E-state index in [1.54, 1.807) is 154 Å². The molecule has 0 spiro atoms. The molecule has 15 heterocycles. The number of anilines is 8. The molecular formula is C98H85F4N29O11. The van der Waals surface area contributed by atoms with Crippen LogP contribution >= 0.6 is 0 Å². The minimum absolute atomic E-state index is 0.0230. The molecule has 12 N–H and O–H groups in total. The Labute approximate surface area is 802 Å². The Hall–Kier alpha value is -19.3. The van der Waals surface area contributed by atoms with Gasteiger partial charge in [0.15, 0.2) is 110 Å². The standard InChI is InChI=1S/C26H22FN7O4.C25H22FN7O2.C24H21FN8O2.C23H20FN7O3/c1-13-8-15-16(30-13)5-7-19(23(15)27)38-25-22(26(35)34(2)3)24(28-11-29-25)31-21-10-17(32-33-21)14-4-6-18-20(9-14)37-12-36-18;1-14-11-16-17(29-14)9-10-19(22(16)26)35-24-21(25(34)33(2)3)23(27-13-28-24)30-20-12-18(31-32-20)15-7-5-4-6-8-15;1-13-10-14-15(29-13)7-8-18(21(14)25)35-23-20(24(34)33(2)3)22(27-12-28-23)30-19-11-17(31-32-19)16-6-4-5-9-26-16;1-12-9-13-14(27-12)6-7-17(20(13)24)34-22-19(23(32)31(2)3)21(25-11-26-22)28-18-10-15(29-30-18)16-5-4-8-33-16/h4-11,30H,12H2,1-3H3,(H2,28,29,31,32,33);4-13,29H,1-3H3,(H2,27,28,30,31,32);4-12,29H,1-3H3,(H2,27,28,30,31,32);4-11,27H,1-3H3,(H2,25,26,28,29,30). The summed E-state index contributed by atoms with van der Waals surface area (Å²) in [5.74, 6) is -0.386. The smallest absolute Gasteiger partial charge is 0.262 e. The number of ether oxygens (including phenoxy) is 6. The van der Waals surface area contributed by atoms with E-state index in [2.05, 4.69) is 127 Å². The van der Waals surface area contributed by atoms with Crippen molar-refractivity contribution in [1.29, 1.82) is 0 Å². The Morgan fingerprint density at radius 3 is 1.03 bits per heavy atom. The molecule has 0 atom stereocenters. The molecule has 716 valence electrons. The molecule has 44 heteroatoms. The quantitative estimate of drug-likeness (QED) is 0.0250. The van der Waals surface area contributed by atoms with Crippen LogP contribution in [0.2, 0.25) is 0 Å². The summed E-state index contributed by atoms with van der Waals surface area (Å²) >= 11 is 0. The first kappa shape index (κ1) is 93.1. The average Bonchev–Trinajstić information content (AvgIpc) is 1.52. The van der Waals surface area contributed by atoms with Crippen LogP contribution in [-0.4, -0.2) is 212 Å². The predicted molar refractivity (Wildman–Crippen MR) is 518 cm³/mol. The normalized spacial score (nSPS) is 11.3. The zero-order chi connectivity index (χ0) is 99.3. The number of rotatable bonds is 24. The number of nitrogens with one attached hydrogen (secondary N) is 12. The van der Waals surface area contributed by atoms with Gasteiger partial charge in [0.1, 0.15) is 53.3 Å². The molecule has 0 saturated heterocycles. The third kappa shape index (κ3) is 19.9. The van der Waals surface area contributed by atoms with Crippen LogP contribution in [0.15, 0.2) is 218 Å². The van der Waals surface area contributed by atoms with E-state index in [4.69, 9.17) is 32.8 Å². The van der Waals surface area contributed by atoms with E-state index < -0.39 is 46.9 Å². The molecule has 0 radical (unpaired) electrons. The number of fused-ring (bicyclic) bond motifs is 5. The third-order valence-corrected chi connectivity index (χ3v) is 21.7. The van der Waals surface area contributed by atoms with Gasteiger partial charge in [-0.05, 0) is 149 Å². The highest BCUT2D eigenvalue weighted by atomic mass is 19.1. The summed E-state index contributed by atoms with van der Waals surface area (Å²) < 4.78 is 100. The summed E-state index contributed by atoms with van der Waals surface area (Å²) in [4.78, 5) is 108. The Morgan fingerprint density at radius 1 is 0.338 bits per heavy atom. The maximum absolute atomic E-state index is 15.2. The molecule has 21 rings (SSSR count). The number of H-pyrrole nitrogens is 8. The van der Waals surface area contributed by atoms with Crippen LogP contribution in [-0.2, 0) is 0 Å². The van der Waals surface area contributed by atoms with Gasteiger partial charge in [0.2, 0.25) is 30.3 Å². The van der Waals surface area contributed by atoms with Gasteiger partial charge in [0, 0.05) is 159 Å². The molecule has 0 fully saturated rings. The number of amides is 4. The Morgan fingerprint density at radius 2 is 0.676 bits per heavy atom. The Balaban J connectivity index is 0.000000125. The molecule has 4 amide bonds. The highest BCUT2D eigenvalue weighted by Crippen LogP contribution is 2.43. The van der Waals surface area contributed by atoms with E-state index in [0.717, 1.165) is 39.6 Å². The Bertz CT molecular complexity index is 7880. The number of aryl methyl sites for hydroxylation is 4. The van der Waals surface area contributed by atoms with Gasteiger partial charge in [-0.1, -0.05) is 36.4 Å². The summed E-state index contributed by atoms with van der Waals surface area (Å²) in [6.45, 7) is 7.53. The van der Waals surface area contributed by atoms with Crippen molar-refractivity contribution < 1.29 is 69.6 Å². The van der Waals surface area contributed by atoms with Gasteiger partial charge in [-0.2, -0.15) is 20.4 Å². The lowest BCUT2D eigenvalue weighted by Crippen LogP contribution is -2.24. The van der Waals surface area contributed by atoms with Crippen molar-refractivity contribution in [2.45, 2.75) is 27.7 Å². The molecule has 40 nitrogen and oxygen atoms in total. The summed E-state index contributed by atoms with van der Waals surface area (Å²) in [5.41, 5.74) is 11.3. The number of hydrogen-bond acceptors (Lipinski definition) is 28. The van der Waals surface area contributed by atoms with Gasteiger partial charge in [0.05, 0.1) is 29.0 Å². The highest BCUT2D eigenvalue weighted by Gasteiger charge is 2.32. The minimum atomic E-state index is -0.566. The van der Waals surface area contributed by atoms with E-state index in [9.17, 15) is 19.2 Å². The zero-order valence-corrected chi connectivity index (χ0v) is 77.5. The highest BCUT2D eigenvalue weighted by molar-refractivity contribution is 6.04. The van der Waals surface area contributed by atoms with E-state index in [0.29, 0.717) is 107 Å². The number of carbonyl (C=O) groups excluding carboxylic acids is 4. The molecule has 0 saturated carbocycles. The summed E-state index contributed by atoms with van der Waals surface area (Å²) in [6, 6.07) is 50.8. The topological polar surface area (TPSA) is 492 Å². The van der Waals surface area contributed by atoms with E-state index >= 15 is 17.6 Å². The first-order valence-electron chi connectivity index (χ1n) is 43.4. The number of nitrogens with zero attached hydrogens (tertiary/aromatic N) is 17. The van der Waals surface area contributed by atoms with Gasteiger partial charge < -0.3 is 93.6 Å². The largest absolute Gasteiger partial charge is 0.463 e. The third-order valence-electron chi connectivity index (χ3n) is 21.7. The second kappa shape index (κ2) is 39.9. The SMILES string of the molecule is Cc1cc2c(F)c(Oc3ncnc(Nc4cc(-c5ccc6c(c5)OCO6)[nH]n4)c3C(=O)N(C)C)ccc2[nH]1.Cc1cc2c(F)c(Oc3ncnc(Nc4cc(-c5ccccc5)[nH]n4)c3C(=O)N(C)C)ccc2[nH]1.Cc1cc2c(F)c(Oc3ncnc(Nc4cc(-c5ccccn5)[nH]n4)c3C(=O)N(C)C)ccc2[nH]1.Cc1cc2c(F)c(Oc3ncnc(Nc4cc(-c5ccco5)[nH]n4)c3C(=O)N(C)C)ccc2[nH]1. The van der Waals surface area contributed by atoms with Gasteiger partial charge in [-0.25, -0.2) is 57.4 Å². The van der Waals surface area contributed by atoms with Gasteiger partial charge in [-0.15, -0.1) is 0 Å². The van der Waals surface area contributed by atoms with Crippen LogP contribution in [0.5, 0.6) is 58.0 Å². The van der Waals surface area contributed by atoms with Crippen LogP contribution in [0.3, 0.4) is 0 Å². The van der Waals surface area contributed by atoms with Crippen molar-refractivity contribution in [1.82, 2.24) is 125 Å². The number of benzene rings is 6. The summed E-state index contributed by atoms with van der Waals surface area (Å²) in [7, 11) is 12.7. The molecule has 14 aromatic heterocycles. The van der Waals surface area contributed by atoms with Crippen LogP contribution in [0.25, 0.3) is 89.0 Å². The molecule has 1 aliphatic rings. The molecule has 6 aromatic carbocycles. The molecular weight excluding hydrogens is 1840 g/mol. The molecule has 142 heavy (non-hydrogen) atoms. The number of aromatic nitrogens is 21. The number of pyridine rings is 1. The molecule has 0 unspecified atom stereocenters. The summed E-state index contributed by atoms with van der Waals surface area (Å²) in [6.07, 6.45) is 8.15. The molecule has 0 bridgehead atoms. The van der Waals surface area contributed by atoms with Crippen molar-refractivity contribution in [3.8, 4) is 103 Å². The van der Waals surface area contributed by atoms with Crippen LogP contribution < -0.4 is 49.7 Å². The fourth-order valence-corrected chi connectivity index (χ4v) is 14.9. The van der Waals surface area contributed by atoms with Crippen molar-refractivity contribution in [2.75, 3.05) is 84.4 Å². The first-order chi connectivity index (χ1) is 68.6. The Kier molecular flexibility index (Phi) is 26.2. The monoisotopic (exact) mass is 1920 g/mol. The lowest BCUT2D eigenvalue weighted by Gasteiger charge is -2.17. The fourth-order valence-electron chi connectivity index (χ4n) is 14.9. The second-order valence-corrected chi connectivity index (χ2v) is 32.8. The van der Waals surface area contributed by atoms with E-state index in [1.165, 1.54) is 69.2 Å². The van der Waals surface area contributed by atoms with Gasteiger partial charge in [-0.3, -0.25) is 44.6 Å². The number of carbonyl (C=O) groups is 4. The van der Waals surface area contributed by atoms with Crippen LogP contribution in [0.4, 0.5) is 64.1 Å². The van der Waals surface area contributed by atoms with Gasteiger partial charge >= 0.3 is 0 Å². The van der Waals surface area contributed by atoms with Crippen molar-refractivity contribution in [2.24, 2.45) is 0 Å². The number of halogens is 4. The zero-order valence-electron chi connectivity index (χ0n) is 77.5. The van der Waals surface area contributed by atoms with Crippen molar-refractivity contribution in [3.05, 3.63) is 282 Å². The summed E-state index contributed by atoms with van der Waals surface area (Å²) in [5, 5.41) is 42.3. The average molecular weight is 1920 g/mol. The van der Waals surface area contributed by atoms with Gasteiger partial charge in [0.25, 0.3) is 23.6 Å². The molecule has 20 aromatic rings. The number of furan rings is 1. The number of aromatic amines is 8. The molecule has 0 aliphatic carbocycles. The first-order valence-corrected chi connectivity index (χ1v) is 43.4. The fraction of sp³-hybridized carbons (Fsp3) is 0.133. The van der Waals surface area contributed by atoms with E-state index in [-0.39, 0.29) is 98.8 Å². The maximum atomic E-state index is 15.2. The minimum Gasteiger partial charge on any atom is -0.463 e. The van der Waals surface area contributed by atoms with Crippen LogP contribution in [0.1, 0.15) is 64.2 Å².